The highest BCUT2D eigenvalue weighted by Crippen LogP contribution is 2.34. The van der Waals surface area contributed by atoms with Crippen molar-refractivity contribution in [2.75, 3.05) is 6.54 Å². The number of halogens is 1. The highest BCUT2D eigenvalue weighted by molar-refractivity contribution is 6.07. The molecule has 1 spiro atoms. The Morgan fingerprint density at radius 1 is 1.29 bits per heavy atom. The molecule has 1 heterocycles. The lowest BCUT2D eigenvalue weighted by Crippen LogP contribution is -2.44. The molecule has 2 fully saturated rings. The fourth-order valence-corrected chi connectivity index (χ4v) is 3.35. The minimum atomic E-state index is -0.741. The Hall–Kier alpha value is -2.44. The molecule has 1 aromatic carbocycles. The molecule has 128 valence electrons. The van der Waals surface area contributed by atoms with Crippen molar-refractivity contribution >= 4 is 17.8 Å². The Bertz CT molecular complexity index is 671. The van der Waals surface area contributed by atoms with Crippen molar-refractivity contribution in [2.45, 2.75) is 44.2 Å². The molecule has 1 aliphatic heterocycles. The topological polar surface area (TPSA) is 78.5 Å². The molecule has 1 saturated carbocycles. The molecule has 4 amide bonds. The zero-order valence-electron chi connectivity index (χ0n) is 13.3. The van der Waals surface area contributed by atoms with Gasteiger partial charge < -0.3 is 10.6 Å². The van der Waals surface area contributed by atoms with Crippen LogP contribution in [0.4, 0.5) is 9.18 Å². The number of imide groups is 1. The van der Waals surface area contributed by atoms with Crippen molar-refractivity contribution < 1.29 is 18.8 Å². The molecule has 0 aromatic heterocycles. The number of nitrogens with one attached hydrogen (secondary N) is 2. The van der Waals surface area contributed by atoms with Gasteiger partial charge in [-0.1, -0.05) is 25.0 Å². The number of rotatable bonds is 5. The predicted octanol–water partition coefficient (Wildman–Crippen LogP) is 1.70. The molecule has 1 saturated heterocycles. The Morgan fingerprint density at radius 2 is 2.04 bits per heavy atom. The van der Waals surface area contributed by atoms with Gasteiger partial charge in [0, 0.05) is 19.5 Å². The van der Waals surface area contributed by atoms with Crippen LogP contribution < -0.4 is 10.6 Å². The molecule has 24 heavy (non-hydrogen) atoms. The molecule has 1 aliphatic carbocycles. The van der Waals surface area contributed by atoms with Gasteiger partial charge in [0.1, 0.15) is 11.4 Å². The van der Waals surface area contributed by atoms with Gasteiger partial charge in [0.25, 0.3) is 5.91 Å². The average molecular weight is 333 g/mol. The van der Waals surface area contributed by atoms with Crippen LogP contribution in [0, 0.1) is 5.82 Å². The number of amides is 4. The van der Waals surface area contributed by atoms with Crippen LogP contribution in [0.15, 0.2) is 24.3 Å². The Kier molecular flexibility index (Phi) is 4.51. The second-order valence-corrected chi connectivity index (χ2v) is 6.33. The van der Waals surface area contributed by atoms with Crippen molar-refractivity contribution in [3.63, 3.8) is 0 Å². The first-order valence-corrected chi connectivity index (χ1v) is 8.15. The quantitative estimate of drug-likeness (QED) is 0.805. The number of nitrogens with zero attached hydrogens (tertiary/aromatic N) is 1. The Labute approximate surface area is 139 Å². The van der Waals surface area contributed by atoms with Gasteiger partial charge in [-0.05, 0) is 30.5 Å². The number of benzene rings is 1. The van der Waals surface area contributed by atoms with E-state index in [-0.39, 0.29) is 37.1 Å². The number of carbonyl (C=O) groups is 3. The summed E-state index contributed by atoms with van der Waals surface area (Å²) in [5.74, 6) is -0.863. The largest absolute Gasteiger partial charge is 0.352 e. The molecule has 3 rings (SSSR count). The van der Waals surface area contributed by atoms with Gasteiger partial charge in [-0.15, -0.1) is 0 Å². The molecule has 1 aromatic rings. The Balaban J connectivity index is 1.49. The normalized spacial score (nSPS) is 19.0. The molecule has 7 heteroatoms. The van der Waals surface area contributed by atoms with Gasteiger partial charge in [-0.25, -0.2) is 9.18 Å². The highest BCUT2D eigenvalue weighted by Gasteiger charge is 2.52. The van der Waals surface area contributed by atoms with Gasteiger partial charge in [0.15, 0.2) is 0 Å². The molecular weight excluding hydrogens is 313 g/mol. The third-order valence-corrected chi connectivity index (χ3v) is 4.64. The van der Waals surface area contributed by atoms with Crippen LogP contribution in [0.2, 0.25) is 0 Å². The summed E-state index contributed by atoms with van der Waals surface area (Å²) in [6, 6.07) is 5.55. The fraction of sp³-hybridized carbons (Fsp3) is 0.471. The Morgan fingerprint density at radius 3 is 2.75 bits per heavy atom. The summed E-state index contributed by atoms with van der Waals surface area (Å²) in [6.45, 7) is 0.266. The minimum absolute atomic E-state index is 0.0323. The van der Waals surface area contributed by atoms with Crippen LogP contribution >= 0.6 is 0 Å². The highest BCUT2D eigenvalue weighted by atomic mass is 19.1. The SMILES string of the molecule is O=C(CCN1C(=O)NC2(CCCC2)C1=O)NCc1cccc(F)c1. The first-order chi connectivity index (χ1) is 11.5. The first kappa shape index (κ1) is 16.4. The lowest BCUT2D eigenvalue weighted by molar-refractivity contribution is -0.131. The molecule has 0 bridgehead atoms. The van der Waals surface area contributed by atoms with Crippen LogP contribution in [0.3, 0.4) is 0 Å². The summed E-state index contributed by atoms with van der Waals surface area (Å²) in [5.41, 5.74) is -0.0852. The van der Waals surface area contributed by atoms with E-state index in [9.17, 15) is 18.8 Å². The standard InChI is InChI=1S/C17H20FN3O3/c18-13-5-3-4-12(10-13)11-19-14(22)6-9-21-15(23)17(20-16(21)24)7-1-2-8-17/h3-5,10H,1-2,6-9,11H2,(H,19,22)(H,20,24). The van der Waals surface area contributed by atoms with E-state index in [1.807, 2.05) is 0 Å². The van der Waals surface area contributed by atoms with E-state index in [4.69, 9.17) is 0 Å². The van der Waals surface area contributed by atoms with Crippen LogP contribution in [0.1, 0.15) is 37.7 Å². The lowest BCUT2D eigenvalue weighted by atomic mass is 9.98. The molecule has 0 unspecified atom stereocenters. The van der Waals surface area contributed by atoms with Crippen LogP contribution in [0.5, 0.6) is 0 Å². The van der Waals surface area contributed by atoms with Gasteiger partial charge in [0.2, 0.25) is 5.91 Å². The van der Waals surface area contributed by atoms with Crippen molar-refractivity contribution in [3.05, 3.63) is 35.6 Å². The smallest absolute Gasteiger partial charge is 0.325 e. The van der Waals surface area contributed by atoms with Crippen LogP contribution in [-0.4, -0.2) is 34.8 Å². The summed E-state index contributed by atoms with van der Waals surface area (Å²) in [6.07, 6.45) is 3.21. The van der Waals surface area contributed by atoms with Crippen LogP contribution in [-0.2, 0) is 16.1 Å². The zero-order chi connectivity index (χ0) is 17.2. The van der Waals surface area contributed by atoms with E-state index in [0.29, 0.717) is 18.4 Å². The number of hydrogen-bond acceptors (Lipinski definition) is 3. The number of urea groups is 1. The molecular formula is C17H20FN3O3. The zero-order valence-corrected chi connectivity index (χ0v) is 13.3. The third kappa shape index (κ3) is 3.25. The fourth-order valence-electron chi connectivity index (χ4n) is 3.35. The minimum Gasteiger partial charge on any atom is -0.352 e. The van der Waals surface area contributed by atoms with Gasteiger partial charge in [-0.2, -0.15) is 0 Å². The second kappa shape index (κ2) is 6.59. The predicted molar refractivity (Wildman–Crippen MR) is 84.3 cm³/mol. The van der Waals surface area contributed by atoms with Gasteiger partial charge in [0.05, 0.1) is 0 Å². The second-order valence-electron chi connectivity index (χ2n) is 6.33. The van der Waals surface area contributed by atoms with E-state index in [0.717, 1.165) is 17.7 Å². The maximum absolute atomic E-state index is 13.1. The van der Waals surface area contributed by atoms with Gasteiger partial charge in [-0.3, -0.25) is 14.5 Å². The average Bonchev–Trinajstić information content (AvgIpc) is 3.10. The van der Waals surface area contributed by atoms with Crippen molar-refractivity contribution in [1.29, 1.82) is 0 Å². The summed E-state index contributed by atoms with van der Waals surface area (Å²) in [4.78, 5) is 37.5. The van der Waals surface area contributed by atoms with E-state index in [2.05, 4.69) is 10.6 Å². The maximum atomic E-state index is 13.1. The maximum Gasteiger partial charge on any atom is 0.325 e. The van der Waals surface area contributed by atoms with E-state index in [1.165, 1.54) is 12.1 Å². The van der Waals surface area contributed by atoms with Crippen molar-refractivity contribution in [3.8, 4) is 0 Å². The molecule has 0 radical (unpaired) electrons. The third-order valence-electron chi connectivity index (χ3n) is 4.64. The van der Waals surface area contributed by atoms with E-state index in [1.54, 1.807) is 12.1 Å². The molecule has 6 nitrogen and oxygen atoms in total. The van der Waals surface area contributed by atoms with Crippen molar-refractivity contribution in [2.24, 2.45) is 0 Å². The van der Waals surface area contributed by atoms with Crippen LogP contribution in [0.25, 0.3) is 0 Å². The van der Waals surface area contributed by atoms with Gasteiger partial charge >= 0.3 is 6.03 Å². The summed E-state index contributed by atoms with van der Waals surface area (Å²) in [5, 5.41) is 5.45. The molecule has 2 aliphatic rings. The summed E-state index contributed by atoms with van der Waals surface area (Å²) < 4.78 is 13.1. The molecule has 0 atom stereocenters. The summed E-state index contributed by atoms with van der Waals surface area (Å²) in [7, 11) is 0. The van der Waals surface area contributed by atoms with E-state index < -0.39 is 11.6 Å². The first-order valence-electron chi connectivity index (χ1n) is 8.15. The van der Waals surface area contributed by atoms with Crippen molar-refractivity contribution in [1.82, 2.24) is 15.5 Å². The lowest BCUT2D eigenvalue weighted by Gasteiger charge is -2.19. The van der Waals surface area contributed by atoms with E-state index >= 15 is 0 Å². The monoisotopic (exact) mass is 333 g/mol. The number of carbonyl (C=O) groups excluding carboxylic acids is 3. The molecule has 2 N–H and O–H groups in total. The number of hydrogen-bond donors (Lipinski definition) is 2. The summed E-state index contributed by atoms with van der Waals surface area (Å²) >= 11 is 0.